The lowest BCUT2D eigenvalue weighted by atomic mass is 9.95. The SMILES string of the molecule is Cc1nnc(CN2CCCC(C(=O)N3CCC(F)(F)CC3)C2)n1C. The van der Waals surface area contributed by atoms with Crippen LogP contribution in [0.4, 0.5) is 8.78 Å². The first-order valence-electron chi connectivity index (χ1n) is 8.59. The number of hydrogen-bond donors (Lipinski definition) is 0. The van der Waals surface area contributed by atoms with Gasteiger partial charge in [-0.25, -0.2) is 8.78 Å². The van der Waals surface area contributed by atoms with Gasteiger partial charge in [-0.05, 0) is 26.3 Å². The Balaban J connectivity index is 1.57. The molecule has 134 valence electrons. The molecule has 2 fully saturated rings. The lowest BCUT2D eigenvalue weighted by Gasteiger charge is -2.37. The predicted octanol–water partition coefficient (Wildman–Crippen LogP) is 1.59. The lowest BCUT2D eigenvalue weighted by Crippen LogP contribution is -2.49. The van der Waals surface area contributed by atoms with Crippen molar-refractivity contribution in [2.75, 3.05) is 26.2 Å². The van der Waals surface area contributed by atoms with E-state index in [1.54, 1.807) is 4.90 Å². The monoisotopic (exact) mass is 341 g/mol. The molecule has 1 aromatic rings. The zero-order valence-electron chi connectivity index (χ0n) is 14.3. The first kappa shape index (κ1) is 17.3. The number of aromatic nitrogens is 3. The van der Waals surface area contributed by atoms with Crippen molar-refractivity contribution in [1.29, 1.82) is 0 Å². The summed E-state index contributed by atoms with van der Waals surface area (Å²) in [7, 11) is 1.94. The minimum absolute atomic E-state index is 0.0318. The zero-order chi connectivity index (χ0) is 17.3. The van der Waals surface area contributed by atoms with Gasteiger partial charge < -0.3 is 9.47 Å². The predicted molar refractivity (Wildman–Crippen MR) is 84.5 cm³/mol. The van der Waals surface area contributed by atoms with Crippen LogP contribution in [0.5, 0.6) is 0 Å². The van der Waals surface area contributed by atoms with Crippen molar-refractivity contribution in [1.82, 2.24) is 24.6 Å². The Labute approximate surface area is 140 Å². The van der Waals surface area contributed by atoms with Gasteiger partial charge in [0.05, 0.1) is 12.5 Å². The molecule has 24 heavy (non-hydrogen) atoms. The Bertz CT molecular complexity index is 593. The summed E-state index contributed by atoms with van der Waals surface area (Å²) >= 11 is 0. The minimum Gasteiger partial charge on any atom is -0.342 e. The molecule has 1 amide bonds. The fraction of sp³-hybridized carbons (Fsp3) is 0.812. The maximum absolute atomic E-state index is 13.3. The highest BCUT2D eigenvalue weighted by molar-refractivity contribution is 5.79. The highest BCUT2D eigenvalue weighted by atomic mass is 19.3. The Morgan fingerprint density at radius 2 is 1.96 bits per heavy atom. The largest absolute Gasteiger partial charge is 0.342 e. The van der Waals surface area contributed by atoms with E-state index in [4.69, 9.17) is 0 Å². The van der Waals surface area contributed by atoms with Gasteiger partial charge in [0.15, 0.2) is 0 Å². The zero-order valence-corrected chi connectivity index (χ0v) is 14.3. The van der Waals surface area contributed by atoms with Crippen molar-refractivity contribution in [3.05, 3.63) is 11.6 Å². The number of halogens is 2. The maximum atomic E-state index is 13.3. The number of alkyl halides is 2. The third-order valence-corrected chi connectivity index (χ3v) is 5.21. The van der Waals surface area contributed by atoms with E-state index in [1.165, 1.54) is 0 Å². The molecule has 0 aliphatic carbocycles. The normalized spacial score (nSPS) is 25.0. The molecule has 0 radical (unpaired) electrons. The summed E-state index contributed by atoms with van der Waals surface area (Å²) in [6, 6.07) is 0. The topological polar surface area (TPSA) is 54.3 Å². The van der Waals surface area contributed by atoms with E-state index in [0.29, 0.717) is 13.1 Å². The lowest BCUT2D eigenvalue weighted by molar-refractivity contribution is -0.143. The highest BCUT2D eigenvalue weighted by Gasteiger charge is 2.38. The van der Waals surface area contributed by atoms with Gasteiger partial charge in [-0.15, -0.1) is 10.2 Å². The second-order valence-electron chi connectivity index (χ2n) is 6.98. The van der Waals surface area contributed by atoms with Gasteiger partial charge >= 0.3 is 0 Å². The molecule has 2 aliphatic heterocycles. The number of nitrogens with zero attached hydrogens (tertiary/aromatic N) is 5. The molecule has 0 N–H and O–H groups in total. The summed E-state index contributed by atoms with van der Waals surface area (Å²) in [5, 5.41) is 8.24. The smallest absolute Gasteiger partial charge is 0.251 e. The Morgan fingerprint density at radius 3 is 2.58 bits per heavy atom. The molecular formula is C16H25F2N5O. The fourth-order valence-corrected chi connectivity index (χ4v) is 3.50. The summed E-state index contributed by atoms with van der Waals surface area (Å²) in [6.07, 6.45) is 1.35. The van der Waals surface area contributed by atoms with Gasteiger partial charge in [0.1, 0.15) is 11.6 Å². The number of amides is 1. The second kappa shape index (κ2) is 6.74. The average molecular weight is 341 g/mol. The second-order valence-corrected chi connectivity index (χ2v) is 6.98. The molecule has 2 aliphatic rings. The Morgan fingerprint density at radius 1 is 1.25 bits per heavy atom. The number of rotatable bonds is 3. The van der Waals surface area contributed by atoms with Crippen LogP contribution in [0.15, 0.2) is 0 Å². The van der Waals surface area contributed by atoms with Crippen molar-refractivity contribution < 1.29 is 13.6 Å². The molecule has 3 rings (SSSR count). The van der Waals surface area contributed by atoms with Gasteiger partial charge in [-0.1, -0.05) is 0 Å². The third kappa shape index (κ3) is 3.74. The molecule has 6 nitrogen and oxygen atoms in total. The van der Waals surface area contributed by atoms with E-state index in [2.05, 4.69) is 15.1 Å². The van der Waals surface area contributed by atoms with Gasteiger partial charge in [0, 0.05) is 39.5 Å². The van der Waals surface area contributed by atoms with Crippen LogP contribution in [-0.4, -0.2) is 62.6 Å². The fourth-order valence-electron chi connectivity index (χ4n) is 3.50. The van der Waals surface area contributed by atoms with Crippen molar-refractivity contribution in [3.8, 4) is 0 Å². The Hall–Kier alpha value is -1.57. The van der Waals surface area contributed by atoms with Crippen LogP contribution < -0.4 is 0 Å². The first-order chi connectivity index (χ1) is 11.4. The standard InChI is InChI=1S/C16H25F2N5O/c1-12-19-20-14(21(12)2)11-22-7-3-4-13(10-22)15(24)23-8-5-16(17,18)6-9-23/h13H,3-11H2,1-2H3. The molecule has 1 atom stereocenters. The number of likely N-dealkylation sites (tertiary alicyclic amines) is 2. The van der Waals surface area contributed by atoms with Crippen LogP contribution in [-0.2, 0) is 18.4 Å². The molecular weight excluding hydrogens is 316 g/mol. The van der Waals surface area contributed by atoms with Crippen molar-refractivity contribution >= 4 is 5.91 Å². The van der Waals surface area contributed by atoms with Crippen molar-refractivity contribution in [3.63, 3.8) is 0 Å². The summed E-state index contributed by atoms with van der Waals surface area (Å²) in [6.45, 7) is 4.51. The number of carbonyl (C=O) groups excluding carboxylic acids is 1. The molecule has 0 spiro atoms. The molecule has 2 saturated heterocycles. The number of carbonyl (C=O) groups is 1. The van der Waals surface area contributed by atoms with Gasteiger partial charge in [0.25, 0.3) is 5.92 Å². The molecule has 1 aromatic heterocycles. The summed E-state index contributed by atoms with van der Waals surface area (Å²) < 4.78 is 28.5. The quantitative estimate of drug-likeness (QED) is 0.838. The highest BCUT2D eigenvalue weighted by Crippen LogP contribution is 2.29. The maximum Gasteiger partial charge on any atom is 0.251 e. The minimum atomic E-state index is -2.61. The van der Waals surface area contributed by atoms with Gasteiger partial charge in [-0.2, -0.15) is 0 Å². The molecule has 0 aromatic carbocycles. The summed E-state index contributed by atoms with van der Waals surface area (Å²) in [4.78, 5) is 16.5. The number of aryl methyl sites for hydroxylation is 1. The van der Waals surface area contributed by atoms with E-state index >= 15 is 0 Å². The van der Waals surface area contributed by atoms with E-state index in [0.717, 1.165) is 31.0 Å². The van der Waals surface area contributed by atoms with Gasteiger partial charge in [0.2, 0.25) is 5.91 Å². The van der Waals surface area contributed by atoms with Crippen LogP contribution in [0.1, 0.15) is 37.3 Å². The molecule has 0 bridgehead atoms. The third-order valence-electron chi connectivity index (χ3n) is 5.21. The molecule has 1 unspecified atom stereocenters. The van der Waals surface area contributed by atoms with Crippen LogP contribution in [0.2, 0.25) is 0 Å². The van der Waals surface area contributed by atoms with Crippen LogP contribution in [0.3, 0.4) is 0 Å². The molecule has 3 heterocycles. The van der Waals surface area contributed by atoms with Crippen molar-refractivity contribution in [2.45, 2.75) is 45.1 Å². The Kier molecular flexibility index (Phi) is 4.85. The van der Waals surface area contributed by atoms with Crippen LogP contribution in [0.25, 0.3) is 0 Å². The van der Waals surface area contributed by atoms with E-state index in [1.807, 2.05) is 18.5 Å². The van der Waals surface area contributed by atoms with Crippen LogP contribution in [0, 0.1) is 12.8 Å². The summed E-state index contributed by atoms with van der Waals surface area (Å²) in [5.41, 5.74) is 0. The number of piperidine rings is 2. The molecule has 0 saturated carbocycles. The molecule has 8 heteroatoms. The van der Waals surface area contributed by atoms with Crippen molar-refractivity contribution in [2.24, 2.45) is 13.0 Å². The number of hydrogen-bond acceptors (Lipinski definition) is 4. The van der Waals surface area contributed by atoms with Crippen LogP contribution >= 0.6 is 0 Å². The van der Waals surface area contributed by atoms with Gasteiger partial charge in [-0.3, -0.25) is 9.69 Å². The van der Waals surface area contributed by atoms with E-state index in [-0.39, 0.29) is 37.8 Å². The summed E-state index contributed by atoms with van der Waals surface area (Å²) in [5.74, 6) is -0.926. The first-order valence-corrected chi connectivity index (χ1v) is 8.59. The van der Waals surface area contributed by atoms with E-state index in [9.17, 15) is 13.6 Å². The average Bonchev–Trinajstić information content (AvgIpc) is 2.87. The van der Waals surface area contributed by atoms with E-state index < -0.39 is 5.92 Å².